The van der Waals surface area contributed by atoms with Crippen LogP contribution in [-0.4, -0.2) is 18.3 Å². The summed E-state index contributed by atoms with van der Waals surface area (Å²) in [6, 6.07) is 31.0. The lowest BCUT2D eigenvalue weighted by molar-refractivity contribution is -0.139. The molecule has 1 atom stereocenters. The molecule has 2 nitrogen and oxygen atoms in total. The van der Waals surface area contributed by atoms with Gasteiger partial charge in [0.1, 0.15) is 5.25 Å². The summed E-state index contributed by atoms with van der Waals surface area (Å²) in [5.74, 6) is -0.220. The average molecular weight is 362 g/mol. The van der Waals surface area contributed by atoms with Gasteiger partial charge in [0.2, 0.25) is 0 Å². The average Bonchev–Trinajstić information content (AvgIpc) is 2.73. The van der Waals surface area contributed by atoms with Crippen molar-refractivity contribution < 1.29 is 9.53 Å². The number of esters is 1. The smallest absolute Gasteiger partial charge is 0.318 e. The van der Waals surface area contributed by atoms with E-state index in [4.69, 9.17) is 4.74 Å². The molecule has 0 saturated carbocycles. The van der Waals surface area contributed by atoms with Crippen LogP contribution in [0.2, 0.25) is 0 Å². The van der Waals surface area contributed by atoms with Gasteiger partial charge < -0.3 is 4.74 Å². The molecule has 0 fully saturated rings. The Hall–Kier alpha value is -2.52. The highest BCUT2D eigenvalue weighted by atomic mass is 32.2. The standard InChI is InChI=1S/C23H22O2S/c1-18(22(24)25-2)26-23(19-12-6-3-7-13-19,20-14-8-4-9-15-20)21-16-10-5-11-17-21/h3-18H,1-2H3. The third-order valence-corrected chi connectivity index (χ3v) is 6.03. The van der Waals surface area contributed by atoms with Crippen molar-refractivity contribution in [2.75, 3.05) is 7.11 Å². The number of ether oxygens (including phenoxy) is 1. The molecule has 3 rings (SSSR count). The molecular weight excluding hydrogens is 340 g/mol. The van der Waals surface area contributed by atoms with Crippen LogP contribution in [0.25, 0.3) is 0 Å². The summed E-state index contributed by atoms with van der Waals surface area (Å²) >= 11 is 1.61. The SMILES string of the molecule is COC(=O)C(C)SC(c1ccccc1)(c1ccccc1)c1ccccc1. The monoisotopic (exact) mass is 362 g/mol. The number of carbonyl (C=O) groups excluding carboxylic acids is 1. The Bertz CT molecular complexity index is 735. The number of rotatable bonds is 6. The van der Waals surface area contributed by atoms with E-state index in [1.165, 1.54) is 7.11 Å². The summed E-state index contributed by atoms with van der Waals surface area (Å²) in [7, 11) is 1.44. The van der Waals surface area contributed by atoms with Crippen molar-refractivity contribution in [1.82, 2.24) is 0 Å². The zero-order valence-electron chi connectivity index (χ0n) is 15.0. The summed E-state index contributed by atoms with van der Waals surface area (Å²) in [5.41, 5.74) is 3.41. The first-order valence-corrected chi connectivity index (χ1v) is 9.48. The Morgan fingerprint density at radius 3 is 1.42 bits per heavy atom. The molecule has 132 valence electrons. The lowest BCUT2D eigenvalue weighted by Gasteiger charge is -2.36. The highest BCUT2D eigenvalue weighted by molar-refractivity contribution is 8.01. The van der Waals surface area contributed by atoms with Crippen LogP contribution < -0.4 is 0 Å². The molecule has 3 heteroatoms. The van der Waals surface area contributed by atoms with Crippen molar-refractivity contribution in [3.63, 3.8) is 0 Å². The lowest BCUT2D eigenvalue weighted by Crippen LogP contribution is -2.30. The van der Waals surface area contributed by atoms with Crippen LogP contribution in [0.15, 0.2) is 91.0 Å². The third kappa shape index (κ3) is 3.54. The molecule has 0 saturated heterocycles. The highest BCUT2D eigenvalue weighted by Crippen LogP contribution is 2.50. The van der Waals surface area contributed by atoms with Crippen molar-refractivity contribution in [2.45, 2.75) is 16.9 Å². The summed E-state index contributed by atoms with van der Waals surface area (Å²) in [5, 5.41) is -0.319. The van der Waals surface area contributed by atoms with E-state index in [9.17, 15) is 4.79 Å². The molecule has 0 spiro atoms. The van der Waals surface area contributed by atoms with Gasteiger partial charge in [-0.2, -0.15) is 0 Å². The Morgan fingerprint density at radius 1 is 0.769 bits per heavy atom. The number of benzene rings is 3. The van der Waals surface area contributed by atoms with Crippen LogP contribution in [0.3, 0.4) is 0 Å². The number of carbonyl (C=O) groups is 1. The predicted molar refractivity (Wildman–Crippen MR) is 108 cm³/mol. The second-order valence-corrected chi connectivity index (χ2v) is 7.62. The van der Waals surface area contributed by atoms with Gasteiger partial charge in [-0.15, -0.1) is 11.8 Å². The Labute approximate surface area is 159 Å². The molecule has 3 aromatic carbocycles. The first-order valence-electron chi connectivity index (χ1n) is 8.60. The molecule has 0 aliphatic heterocycles. The van der Waals surface area contributed by atoms with Gasteiger partial charge >= 0.3 is 5.97 Å². The maximum atomic E-state index is 12.2. The van der Waals surface area contributed by atoms with Crippen molar-refractivity contribution in [3.05, 3.63) is 108 Å². The fourth-order valence-corrected chi connectivity index (χ4v) is 4.74. The highest BCUT2D eigenvalue weighted by Gasteiger charge is 2.40. The van der Waals surface area contributed by atoms with Gasteiger partial charge in [-0.05, 0) is 23.6 Å². The first kappa shape index (κ1) is 18.3. The summed E-state index contributed by atoms with van der Waals surface area (Å²) in [4.78, 5) is 12.2. The minimum Gasteiger partial charge on any atom is -0.468 e. The van der Waals surface area contributed by atoms with Crippen LogP contribution >= 0.6 is 11.8 Å². The molecule has 0 aliphatic carbocycles. The minimum absolute atomic E-state index is 0.220. The summed E-state index contributed by atoms with van der Waals surface area (Å²) < 4.78 is 4.50. The van der Waals surface area contributed by atoms with E-state index in [1.807, 2.05) is 61.5 Å². The first-order chi connectivity index (χ1) is 12.7. The van der Waals surface area contributed by atoms with E-state index >= 15 is 0 Å². The Kier molecular flexibility index (Phi) is 5.79. The van der Waals surface area contributed by atoms with Gasteiger partial charge in [-0.3, -0.25) is 4.79 Å². The predicted octanol–water partition coefficient (Wildman–Crippen LogP) is 5.27. The quantitative estimate of drug-likeness (QED) is 0.441. The van der Waals surface area contributed by atoms with Crippen LogP contribution in [-0.2, 0) is 14.3 Å². The number of hydrogen-bond donors (Lipinski definition) is 0. The van der Waals surface area contributed by atoms with E-state index < -0.39 is 4.75 Å². The molecule has 0 bridgehead atoms. The maximum Gasteiger partial charge on any atom is 0.318 e. The second-order valence-electron chi connectivity index (χ2n) is 6.06. The zero-order chi connectivity index (χ0) is 18.4. The van der Waals surface area contributed by atoms with Gasteiger partial charge in [-0.25, -0.2) is 0 Å². The number of hydrogen-bond acceptors (Lipinski definition) is 3. The van der Waals surface area contributed by atoms with Crippen LogP contribution in [0.1, 0.15) is 23.6 Å². The van der Waals surface area contributed by atoms with Crippen LogP contribution in [0, 0.1) is 0 Å². The Morgan fingerprint density at radius 2 is 1.12 bits per heavy atom. The van der Waals surface area contributed by atoms with Crippen molar-refractivity contribution in [1.29, 1.82) is 0 Å². The van der Waals surface area contributed by atoms with Crippen LogP contribution in [0.4, 0.5) is 0 Å². The zero-order valence-corrected chi connectivity index (χ0v) is 15.8. The number of thioether (sulfide) groups is 1. The fraction of sp³-hybridized carbons (Fsp3) is 0.174. The van der Waals surface area contributed by atoms with E-state index in [0.717, 1.165) is 16.7 Å². The Balaban J connectivity index is 2.26. The molecule has 26 heavy (non-hydrogen) atoms. The number of methoxy groups -OCH3 is 1. The van der Waals surface area contributed by atoms with E-state index in [1.54, 1.807) is 11.8 Å². The minimum atomic E-state index is -0.503. The molecule has 1 unspecified atom stereocenters. The second kappa shape index (κ2) is 8.24. The van der Waals surface area contributed by atoms with E-state index in [2.05, 4.69) is 36.4 Å². The van der Waals surface area contributed by atoms with Crippen molar-refractivity contribution in [2.24, 2.45) is 0 Å². The molecular formula is C23H22O2S. The maximum absolute atomic E-state index is 12.2. The van der Waals surface area contributed by atoms with Gasteiger partial charge in [0.25, 0.3) is 0 Å². The van der Waals surface area contributed by atoms with Gasteiger partial charge in [-0.1, -0.05) is 91.0 Å². The van der Waals surface area contributed by atoms with Crippen molar-refractivity contribution in [3.8, 4) is 0 Å². The molecule has 3 aromatic rings. The van der Waals surface area contributed by atoms with E-state index in [-0.39, 0.29) is 11.2 Å². The van der Waals surface area contributed by atoms with Gasteiger partial charge in [0, 0.05) is 0 Å². The molecule has 0 heterocycles. The lowest BCUT2D eigenvalue weighted by atomic mass is 9.84. The molecule has 0 radical (unpaired) electrons. The van der Waals surface area contributed by atoms with E-state index in [0.29, 0.717) is 0 Å². The van der Waals surface area contributed by atoms with Gasteiger partial charge in [0.05, 0.1) is 11.9 Å². The summed E-state index contributed by atoms with van der Waals surface area (Å²) in [6.45, 7) is 1.90. The molecule has 0 amide bonds. The third-order valence-electron chi connectivity index (χ3n) is 4.43. The molecule has 0 aliphatic rings. The van der Waals surface area contributed by atoms with Gasteiger partial charge in [0.15, 0.2) is 0 Å². The van der Waals surface area contributed by atoms with Crippen LogP contribution in [0.5, 0.6) is 0 Å². The molecule has 0 aromatic heterocycles. The largest absolute Gasteiger partial charge is 0.468 e. The van der Waals surface area contributed by atoms with Crippen molar-refractivity contribution >= 4 is 17.7 Å². The molecule has 0 N–H and O–H groups in total. The summed E-state index contributed by atoms with van der Waals surface area (Å²) in [6.07, 6.45) is 0. The fourth-order valence-electron chi connectivity index (χ4n) is 3.20. The normalized spacial score (nSPS) is 12.4. The topological polar surface area (TPSA) is 26.3 Å².